The molecule has 130 valence electrons. The number of benzene rings is 2. The highest BCUT2D eigenvalue weighted by Crippen LogP contribution is 2.32. The van der Waals surface area contributed by atoms with Gasteiger partial charge in [0.25, 0.3) is 5.89 Å². The molecule has 2 heterocycles. The third-order valence-electron chi connectivity index (χ3n) is 3.95. The van der Waals surface area contributed by atoms with Gasteiger partial charge in [-0.1, -0.05) is 17.3 Å². The van der Waals surface area contributed by atoms with E-state index in [2.05, 4.69) is 15.1 Å². The van der Waals surface area contributed by atoms with Crippen LogP contribution < -0.4 is 4.74 Å². The van der Waals surface area contributed by atoms with Gasteiger partial charge >= 0.3 is 0 Å². The molecule has 26 heavy (non-hydrogen) atoms. The van der Waals surface area contributed by atoms with E-state index < -0.39 is 0 Å². The zero-order valence-electron chi connectivity index (χ0n) is 14.2. The largest absolute Gasteiger partial charge is 0.496 e. The molecule has 7 heteroatoms. The number of ether oxygens (including phenoxy) is 1. The van der Waals surface area contributed by atoms with E-state index in [4.69, 9.17) is 9.26 Å². The summed E-state index contributed by atoms with van der Waals surface area (Å²) < 4.78 is 26.0. The van der Waals surface area contributed by atoms with Crippen LogP contribution in [-0.2, 0) is 0 Å². The molecule has 0 aliphatic carbocycles. The maximum atomic E-state index is 13.7. The lowest BCUT2D eigenvalue weighted by molar-refractivity contribution is 0.415. The van der Waals surface area contributed by atoms with E-state index in [0.717, 1.165) is 11.3 Å². The van der Waals surface area contributed by atoms with Gasteiger partial charge in [0.2, 0.25) is 0 Å². The molecule has 2 aromatic carbocycles. The van der Waals surface area contributed by atoms with E-state index >= 15 is 0 Å². The lowest BCUT2D eigenvalue weighted by Crippen LogP contribution is -1.93. The summed E-state index contributed by atoms with van der Waals surface area (Å²) in [5, 5.41) is 3.77. The van der Waals surface area contributed by atoms with Gasteiger partial charge in [-0.15, -0.1) is 0 Å². The quantitative estimate of drug-likeness (QED) is 0.556. The molecular formula is C19H15FN4O2. The van der Waals surface area contributed by atoms with Crippen LogP contribution in [0.3, 0.4) is 0 Å². The Morgan fingerprint density at radius 2 is 2.04 bits per heavy atom. The fourth-order valence-corrected chi connectivity index (χ4v) is 2.72. The van der Waals surface area contributed by atoms with Gasteiger partial charge in [-0.05, 0) is 42.8 Å². The van der Waals surface area contributed by atoms with Gasteiger partial charge in [-0.25, -0.2) is 9.37 Å². The molecule has 0 spiro atoms. The first-order valence-electron chi connectivity index (χ1n) is 7.93. The highest BCUT2D eigenvalue weighted by Gasteiger charge is 2.12. The van der Waals surface area contributed by atoms with Crippen LogP contribution in [-0.4, -0.2) is 26.8 Å². The number of methoxy groups -OCH3 is 1. The Bertz CT molecular complexity index is 1070. The van der Waals surface area contributed by atoms with Crippen LogP contribution in [0, 0.1) is 12.7 Å². The Balaban J connectivity index is 1.73. The number of hydrogen-bond donors (Lipinski definition) is 0. The van der Waals surface area contributed by atoms with E-state index in [9.17, 15) is 4.39 Å². The second kappa shape index (κ2) is 6.44. The van der Waals surface area contributed by atoms with Gasteiger partial charge in [-0.3, -0.25) is 0 Å². The third kappa shape index (κ3) is 2.95. The van der Waals surface area contributed by atoms with Crippen LogP contribution >= 0.6 is 0 Å². The van der Waals surface area contributed by atoms with E-state index in [0.29, 0.717) is 28.7 Å². The zero-order valence-corrected chi connectivity index (χ0v) is 14.2. The molecule has 0 saturated heterocycles. The first-order valence-corrected chi connectivity index (χ1v) is 7.93. The first-order chi connectivity index (χ1) is 12.6. The predicted octanol–water partition coefficient (Wildman–Crippen LogP) is 4.05. The molecular weight excluding hydrogens is 335 g/mol. The van der Waals surface area contributed by atoms with Crippen molar-refractivity contribution in [2.75, 3.05) is 7.11 Å². The molecule has 0 aliphatic heterocycles. The van der Waals surface area contributed by atoms with Crippen LogP contribution in [0.5, 0.6) is 5.75 Å². The molecule has 0 atom stereocenters. The molecule has 0 saturated carbocycles. The number of halogens is 1. The van der Waals surface area contributed by atoms with Crippen molar-refractivity contribution in [1.82, 2.24) is 19.7 Å². The smallest absolute Gasteiger partial charge is 0.278 e. The zero-order chi connectivity index (χ0) is 18.1. The molecule has 0 amide bonds. The van der Waals surface area contributed by atoms with Crippen molar-refractivity contribution in [2.45, 2.75) is 6.92 Å². The summed E-state index contributed by atoms with van der Waals surface area (Å²) in [4.78, 5) is 8.48. The lowest BCUT2D eigenvalue weighted by Gasteiger charge is -2.10. The average Bonchev–Trinajstić information content (AvgIpc) is 3.31. The third-order valence-corrected chi connectivity index (χ3v) is 3.95. The van der Waals surface area contributed by atoms with Crippen LogP contribution in [0.15, 0.2) is 59.5 Å². The summed E-state index contributed by atoms with van der Waals surface area (Å²) in [7, 11) is 1.56. The fraction of sp³-hybridized carbons (Fsp3) is 0.105. The highest BCUT2D eigenvalue weighted by atomic mass is 19.1. The van der Waals surface area contributed by atoms with Crippen LogP contribution in [0.4, 0.5) is 4.39 Å². The maximum absolute atomic E-state index is 13.7. The van der Waals surface area contributed by atoms with Crippen LogP contribution in [0.1, 0.15) is 5.82 Å². The molecule has 0 unspecified atom stereocenters. The number of aromatic nitrogens is 4. The first kappa shape index (κ1) is 16.0. The Hall–Kier alpha value is -3.48. The van der Waals surface area contributed by atoms with Gasteiger partial charge in [0.15, 0.2) is 5.82 Å². The number of hydrogen-bond acceptors (Lipinski definition) is 5. The van der Waals surface area contributed by atoms with Gasteiger partial charge in [-0.2, -0.15) is 4.98 Å². The van der Waals surface area contributed by atoms with Crippen molar-refractivity contribution in [3.63, 3.8) is 0 Å². The minimum atomic E-state index is -0.317. The van der Waals surface area contributed by atoms with Crippen molar-refractivity contribution >= 4 is 0 Å². The molecule has 4 aromatic rings. The summed E-state index contributed by atoms with van der Waals surface area (Å²) in [5.74, 6) is 1.21. The van der Waals surface area contributed by atoms with Crippen molar-refractivity contribution in [3.8, 4) is 34.1 Å². The van der Waals surface area contributed by atoms with E-state index in [1.165, 1.54) is 12.1 Å². The van der Waals surface area contributed by atoms with Gasteiger partial charge in [0, 0.05) is 17.4 Å². The van der Waals surface area contributed by atoms with E-state index in [1.807, 2.05) is 28.8 Å². The van der Waals surface area contributed by atoms with Crippen molar-refractivity contribution in [2.24, 2.45) is 0 Å². The van der Waals surface area contributed by atoms with Gasteiger partial charge in [0.1, 0.15) is 23.6 Å². The molecule has 0 aliphatic rings. The van der Waals surface area contributed by atoms with Crippen LogP contribution in [0.2, 0.25) is 0 Å². The van der Waals surface area contributed by atoms with Crippen LogP contribution in [0.25, 0.3) is 28.4 Å². The molecule has 0 radical (unpaired) electrons. The summed E-state index contributed by atoms with van der Waals surface area (Å²) in [6.45, 7) is 1.75. The molecule has 4 rings (SSSR count). The average molecular weight is 350 g/mol. The number of aryl methyl sites for hydroxylation is 1. The molecule has 0 fully saturated rings. The topological polar surface area (TPSA) is 66.0 Å². The number of nitrogens with zero attached hydrogens (tertiary/aromatic N) is 4. The van der Waals surface area contributed by atoms with E-state index in [-0.39, 0.29) is 5.82 Å². The number of imidazole rings is 1. The fourth-order valence-electron chi connectivity index (χ4n) is 2.72. The normalized spacial score (nSPS) is 10.9. The second-order valence-corrected chi connectivity index (χ2v) is 5.71. The lowest BCUT2D eigenvalue weighted by atomic mass is 10.0. The van der Waals surface area contributed by atoms with Crippen molar-refractivity contribution in [3.05, 3.63) is 66.6 Å². The minimum absolute atomic E-state index is 0.317. The van der Waals surface area contributed by atoms with Gasteiger partial charge in [0.05, 0.1) is 7.11 Å². The SMILES string of the molecule is COc1ccc(F)cc1-c1cccc(-n2cnc(-c3nc(C)no3)c2)c1. The van der Waals surface area contributed by atoms with Crippen molar-refractivity contribution in [1.29, 1.82) is 0 Å². The Kier molecular flexibility index (Phi) is 3.96. The van der Waals surface area contributed by atoms with E-state index in [1.54, 1.807) is 32.6 Å². The Morgan fingerprint density at radius 3 is 2.81 bits per heavy atom. The summed E-state index contributed by atoms with van der Waals surface area (Å²) in [5.41, 5.74) is 2.97. The summed E-state index contributed by atoms with van der Waals surface area (Å²) >= 11 is 0. The second-order valence-electron chi connectivity index (χ2n) is 5.71. The molecule has 0 N–H and O–H groups in total. The molecule has 0 bridgehead atoms. The standard InChI is InChI=1S/C19H15FN4O2/c1-12-22-19(26-23-12)17-10-24(11-21-17)15-5-3-4-13(8-15)16-9-14(20)6-7-18(16)25-2/h3-11H,1-2H3. The maximum Gasteiger partial charge on any atom is 0.278 e. The summed E-state index contributed by atoms with van der Waals surface area (Å²) in [6.07, 6.45) is 3.46. The van der Waals surface area contributed by atoms with Crippen molar-refractivity contribution < 1.29 is 13.7 Å². The number of rotatable bonds is 4. The monoisotopic (exact) mass is 350 g/mol. The molecule has 2 aromatic heterocycles. The highest BCUT2D eigenvalue weighted by molar-refractivity contribution is 5.72. The predicted molar refractivity (Wildman–Crippen MR) is 93.5 cm³/mol. The Morgan fingerprint density at radius 1 is 1.15 bits per heavy atom. The molecule has 6 nitrogen and oxygen atoms in total. The Labute approximate surface area is 148 Å². The summed E-state index contributed by atoms with van der Waals surface area (Å²) in [6, 6.07) is 12.1. The minimum Gasteiger partial charge on any atom is -0.496 e. The van der Waals surface area contributed by atoms with Gasteiger partial charge < -0.3 is 13.8 Å².